The highest BCUT2D eigenvalue weighted by Crippen LogP contribution is 2.43. The van der Waals surface area contributed by atoms with E-state index in [1.165, 1.54) is 33.0 Å². The highest BCUT2D eigenvalue weighted by molar-refractivity contribution is 6.36. The number of fused-ring (bicyclic) bond motifs is 2. The van der Waals surface area contributed by atoms with Crippen molar-refractivity contribution in [3.63, 3.8) is 0 Å². The Kier molecular flexibility index (Phi) is 9.46. The van der Waals surface area contributed by atoms with Gasteiger partial charge in [-0.25, -0.2) is 4.79 Å². The van der Waals surface area contributed by atoms with E-state index in [0.29, 0.717) is 17.5 Å². The molecule has 0 spiro atoms. The maximum atomic E-state index is 12.0. The Morgan fingerprint density at radius 3 is 1.84 bits per heavy atom. The van der Waals surface area contributed by atoms with E-state index in [1.54, 1.807) is 24.5 Å². The lowest BCUT2D eigenvalue weighted by Gasteiger charge is -2.19. The van der Waals surface area contributed by atoms with Gasteiger partial charge in [-0.2, -0.15) is 4.91 Å². The molecular weight excluding hydrogens is 564 g/mol. The summed E-state index contributed by atoms with van der Waals surface area (Å²) in [6.45, 7) is 2.84. The topological polar surface area (TPSA) is 147 Å². The van der Waals surface area contributed by atoms with E-state index < -0.39 is 5.97 Å². The van der Waals surface area contributed by atoms with Crippen molar-refractivity contribution in [2.75, 3.05) is 6.54 Å². The fourth-order valence-corrected chi connectivity index (χ4v) is 6.19. The zero-order valence-electron chi connectivity index (χ0n) is 24.8. The predicted molar refractivity (Wildman–Crippen MR) is 179 cm³/mol. The summed E-state index contributed by atoms with van der Waals surface area (Å²) in [4.78, 5) is 39.5. The predicted octanol–water partition coefficient (Wildman–Crippen LogP) is 7.65. The fourth-order valence-electron chi connectivity index (χ4n) is 6.19. The number of nitrogens with one attached hydrogen (secondary N) is 1. The Hall–Kier alpha value is -5.60. The van der Waals surface area contributed by atoms with Gasteiger partial charge in [0.25, 0.3) is 0 Å². The molecule has 4 N–H and O–H groups in total. The van der Waals surface area contributed by atoms with Crippen molar-refractivity contribution in [2.24, 2.45) is 5.73 Å². The number of aldehydes is 1. The molecule has 0 radical (unpaired) electrons. The molecule has 224 valence electrons. The van der Waals surface area contributed by atoms with Crippen LogP contribution in [0.5, 0.6) is 0 Å². The molecular formula is C37H32N4O4. The summed E-state index contributed by atoms with van der Waals surface area (Å²) in [5, 5.41) is 17.7. The zero-order chi connectivity index (χ0) is 31.9. The number of aromatic carboxylic acids is 1. The lowest BCUT2D eigenvalue weighted by Crippen LogP contribution is -2.02. The second-order valence-electron chi connectivity index (χ2n) is 10.7. The molecule has 0 unspecified atom stereocenters. The van der Waals surface area contributed by atoms with Crippen LogP contribution in [0.1, 0.15) is 43.0 Å². The second kappa shape index (κ2) is 13.8. The Balaban J connectivity index is 0.000000312. The summed E-state index contributed by atoms with van der Waals surface area (Å²) < 4.78 is 0. The van der Waals surface area contributed by atoms with Crippen LogP contribution in [0, 0.1) is 17.4 Å². The van der Waals surface area contributed by atoms with Gasteiger partial charge < -0.3 is 10.8 Å². The zero-order valence-corrected chi connectivity index (χ0v) is 24.8. The minimum absolute atomic E-state index is 0.155. The quantitative estimate of drug-likeness (QED) is 0.0741. The van der Waals surface area contributed by atoms with Crippen LogP contribution in [0.4, 0.5) is 0 Å². The SMILES string of the molecule is Cc1ccc2c3ccc(C=O)c4c(C(=O)O)ccc(c5ccc(CCc6cccnc6)c1c25)c43.N=O.NCCc1cccnc1. The van der Waals surface area contributed by atoms with Crippen LogP contribution in [0.15, 0.2) is 97.6 Å². The molecule has 0 atom stereocenters. The number of carbonyl (C=O) groups excluding carboxylic acids is 1. The standard InChI is InChI=1S/C30H21NO3.C7H10N2.HNO/c1-17-4-9-21-23-11-8-20(16-32)27-25(30(33)34)13-12-24(29(23)27)22-10-7-19(26(17)28(21)22)6-5-18-3-2-14-31-15-18;8-4-3-7-2-1-5-9-6-7;1-2/h2-4,7-16H,5-6H2,1H3,(H,33,34);1-2,5-6H,3-4,8H2;1H. The number of carbonyl (C=O) groups is 2. The number of nitrogens with zero attached hydrogens (tertiary/aromatic N) is 2. The molecule has 8 nitrogen and oxygen atoms in total. The maximum absolute atomic E-state index is 12.0. The van der Waals surface area contributed by atoms with Gasteiger partial charge in [0, 0.05) is 35.7 Å². The van der Waals surface area contributed by atoms with Gasteiger partial charge in [-0.3, -0.25) is 14.8 Å². The summed E-state index contributed by atoms with van der Waals surface area (Å²) in [6, 6.07) is 23.8. The number of rotatable bonds is 7. The molecule has 0 aliphatic heterocycles. The summed E-state index contributed by atoms with van der Waals surface area (Å²) in [6.07, 6.45) is 10.8. The largest absolute Gasteiger partial charge is 0.478 e. The first-order valence-electron chi connectivity index (χ1n) is 14.5. The van der Waals surface area contributed by atoms with Crippen molar-refractivity contribution < 1.29 is 14.7 Å². The number of aryl methyl sites for hydroxylation is 3. The van der Waals surface area contributed by atoms with Gasteiger partial charge in [-0.05, 0) is 111 Å². The first kappa shape index (κ1) is 30.8. The number of aromatic nitrogens is 2. The Morgan fingerprint density at radius 2 is 1.29 bits per heavy atom. The molecule has 2 aromatic heterocycles. The summed E-state index contributed by atoms with van der Waals surface area (Å²) in [7, 11) is 0. The molecule has 0 saturated heterocycles. The van der Waals surface area contributed by atoms with Crippen molar-refractivity contribution in [2.45, 2.75) is 26.2 Å². The molecule has 7 rings (SSSR count). The van der Waals surface area contributed by atoms with E-state index in [9.17, 15) is 14.7 Å². The molecule has 0 amide bonds. The summed E-state index contributed by atoms with van der Waals surface area (Å²) >= 11 is 0. The van der Waals surface area contributed by atoms with Gasteiger partial charge in [0.2, 0.25) is 0 Å². The van der Waals surface area contributed by atoms with Gasteiger partial charge >= 0.3 is 5.97 Å². The number of benzene rings is 5. The number of hydrogen-bond acceptors (Lipinski definition) is 7. The monoisotopic (exact) mass is 596 g/mol. The van der Waals surface area contributed by atoms with Crippen molar-refractivity contribution >= 4 is 55.3 Å². The van der Waals surface area contributed by atoms with Gasteiger partial charge in [-0.1, -0.05) is 60.2 Å². The number of carboxylic acids is 1. The Labute approximate surface area is 259 Å². The summed E-state index contributed by atoms with van der Waals surface area (Å²) in [5.41, 5.74) is 15.3. The third-order valence-corrected chi connectivity index (χ3v) is 8.15. The van der Waals surface area contributed by atoms with E-state index in [4.69, 9.17) is 10.6 Å². The van der Waals surface area contributed by atoms with Crippen LogP contribution in [-0.2, 0) is 19.3 Å². The van der Waals surface area contributed by atoms with Crippen LogP contribution >= 0.6 is 0 Å². The van der Waals surface area contributed by atoms with Gasteiger partial charge in [0.15, 0.2) is 6.29 Å². The van der Waals surface area contributed by atoms with E-state index in [-0.39, 0.29) is 5.56 Å². The van der Waals surface area contributed by atoms with Crippen molar-refractivity contribution in [3.05, 3.63) is 136 Å². The highest BCUT2D eigenvalue weighted by Gasteiger charge is 2.20. The van der Waals surface area contributed by atoms with Crippen molar-refractivity contribution in [1.29, 1.82) is 5.59 Å². The van der Waals surface area contributed by atoms with Crippen LogP contribution in [0.3, 0.4) is 0 Å². The average molecular weight is 597 g/mol. The van der Waals surface area contributed by atoms with E-state index >= 15 is 0 Å². The van der Waals surface area contributed by atoms with Gasteiger partial charge in [0.1, 0.15) is 0 Å². The Morgan fingerprint density at radius 1 is 0.733 bits per heavy atom. The van der Waals surface area contributed by atoms with Gasteiger partial charge in [0.05, 0.1) is 5.56 Å². The number of nitrogens with two attached hydrogens (primary N) is 1. The fraction of sp³-hybridized carbons (Fsp3) is 0.135. The molecule has 8 heteroatoms. The van der Waals surface area contributed by atoms with E-state index in [1.807, 2.05) is 42.7 Å². The molecule has 5 aromatic carbocycles. The van der Waals surface area contributed by atoms with Crippen LogP contribution in [-0.4, -0.2) is 33.9 Å². The lowest BCUT2D eigenvalue weighted by atomic mass is 9.84. The second-order valence-corrected chi connectivity index (χ2v) is 10.7. The van der Waals surface area contributed by atoms with E-state index in [2.05, 4.69) is 52.8 Å². The normalized spacial score (nSPS) is 10.8. The van der Waals surface area contributed by atoms with Crippen molar-refractivity contribution in [3.8, 4) is 0 Å². The number of nitroso groups, excluding NO2 is 1. The number of pyridine rings is 2. The third-order valence-electron chi connectivity index (χ3n) is 8.15. The molecule has 0 saturated carbocycles. The smallest absolute Gasteiger partial charge is 0.336 e. The number of hydrogen-bond donors (Lipinski definition) is 3. The summed E-state index contributed by atoms with van der Waals surface area (Å²) in [5.74, 6) is -1.03. The van der Waals surface area contributed by atoms with E-state index in [0.717, 1.165) is 52.5 Å². The molecule has 0 bridgehead atoms. The first-order valence-corrected chi connectivity index (χ1v) is 14.5. The molecule has 2 heterocycles. The first-order chi connectivity index (χ1) is 22.0. The average Bonchev–Trinajstić information content (AvgIpc) is 3.08. The minimum atomic E-state index is -1.03. The highest BCUT2D eigenvalue weighted by atomic mass is 16.4. The molecule has 45 heavy (non-hydrogen) atoms. The van der Waals surface area contributed by atoms with Crippen molar-refractivity contribution in [1.82, 2.24) is 9.97 Å². The minimum Gasteiger partial charge on any atom is -0.478 e. The van der Waals surface area contributed by atoms with Crippen LogP contribution in [0.2, 0.25) is 0 Å². The number of carboxylic acid groups (broad SMARTS) is 1. The maximum Gasteiger partial charge on any atom is 0.336 e. The molecule has 0 aliphatic rings. The third kappa shape index (κ3) is 5.96. The molecule has 7 aromatic rings. The van der Waals surface area contributed by atoms with Crippen LogP contribution in [0.25, 0.3) is 43.1 Å². The molecule has 0 aliphatic carbocycles. The molecule has 0 fully saturated rings. The van der Waals surface area contributed by atoms with Crippen LogP contribution < -0.4 is 5.73 Å². The Bertz CT molecular complexity index is 2100. The van der Waals surface area contributed by atoms with Gasteiger partial charge in [-0.15, -0.1) is 0 Å². The lowest BCUT2D eigenvalue weighted by molar-refractivity contribution is 0.0699.